The lowest BCUT2D eigenvalue weighted by molar-refractivity contribution is 0.411. The number of halogens is 1. The first-order chi connectivity index (χ1) is 16.0. The first kappa shape index (κ1) is 21.5. The minimum Gasteiger partial charge on any atom is -0.496 e. The molecular weight excluding hydrogens is 443 g/mol. The maximum atomic E-state index is 14.6. The fraction of sp³-hybridized carbons (Fsp3) is 0.261. The second-order valence-electron chi connectivity index (χ2n) is 7.75. The van der Waals surface area contributed by atoms with Gasteiger partial charge in [0.1, 0.15) is 17.3 Å². The van der Waals surface area contributed by atoms with E-state index >= 15 is 0 Å². The molecule has 0 spiro atoms. The second kappa shape index (κ2) is 8.87. The number of rotatable bonds is 5. The molecule has 5 rings (SSSR count). The standard InChI is InChI=1S/C23H23FN6O2S/c1-32-19-6-8-26-23(24)21(19)15-3-4-18-17(13-15)22(28-27-18)16-5-7-25-20(14-16)29-9-11-30(12-10-29)33(2)31/h3-8,13-14H,9-12H2,1-2H3,(H,27,28). The van der Waals surface area contributed by atoms with Crippen molar-refractivity contribution in [3.63, 3.8) is 0 Å². The van der Waals surface area contributed by atoms with Crippen LogP contribution in [0.5, 0.6) is 5.75 Å². The summed E-state index contributed by atoms with van der Waals surface area (Å²) in [5, 5.41) is 8.45. The predicted molar refractivity (Wildman–Crippen MR) is 127 cm³/mol. The summed E-state index contributed by atoms with van der Waals surface area (Å²) in [6, 6.07) is 11.1. The normalized spacial score (nSPS) is 15.7. The van der Waals surface area contributed by atoms with E-state index in [0.717, 1.165) is 54.2 Å². The summed E-state index contributed by atoms with van der Waals surface area (Å²) < 4.78 is 33.6. The zero-order chi connectivity index (χ0) is 22.9. The molecule has 33 heavy (non-hydrogen) atoms. The Balaban J connectivity index is 1.51. The Bertz CT molecular complexity index is 1340. The van der Waals surface area contributed by atoms with Gasteiger partial charge in [-0.2, -0.15) is 9.49 Å². The van der Waals surface area contributed by atoms with Gasteiger partial charge in [0, 0.05) is 55.8 Å². The highest BCUT2D eigenvalue weighted by molar-refractivity contribution is 7.81. The van der Waals surface area contributed by atoms with E-state index in [-0.39, 0.29) is 0 Å². The number of fused-ring (bicyclic) bond motifs is 1. The van der Waals surface area contributed by atoms with Crippen LogP contribution in [-0.2, 0) is 11.0 Å². The Morgan fingerprint density at radius 3 is 2.58 bits per heavy atom. The van der Waals surface area contributed by atoms with Crippen LogP contribution in [0.25, 0.3) is 33.3 Å². The second-order valence-corrected chi connectivity index (χ2v) is 9.12. The van der Waals surface area contributed by atoms with E-state index in [1.807, 2.05) is 34.6 Å². The van der Waals surface area contributed by atoms with Crippen LogP contribution in [0.2, 0.25) is 0 Å². The van der Waals surface area contributed by atoms with E-state index in [2.05, 4.69) is 25.1 Å². The summed E-state index contributed by atoms with van der Waals surface area (Å²) in [5.41, 5.74) is 3.48. The van der Waals surface area contributed by atoms with E-state index in [4.69, 9.17) is 4.74 Å². The topological polar surface area (TPSA) is 87.2 Å². The largest absolute Gasteiger partial charge is 0.496 e. The molecule has 4 heterocycles. The van der Waals surface area contributed by atoms with E-state index in [0.29, 0.717) is 16.9 Å². The molecule has 1 fully saturated rings. The smallest absolute Gasteiger partial charge is 0.224 e. The minimum absolute atomic E-state index is 0.315. The highest BCUT2D eigenvalue weighted by Crippen LogP contribution is 2.36. The van der Waals surface area contributed by atoms with Crippen LogP contribution in [-0.4, -0.2) is 68.2 Å². The Labute approximate surface area is 193 Å². The number of hydrogen-bond donors (Lipinski definition) is 1. The van der Waals surface area contributed by atoms with Gasteiger partial charge in [0.2, 0.25) is 5.95 Å². The molecule has 0 radical (unpaired) electrons. The van der Waals surface area contributed by atoms with E-state index < -0.39 is 16.9 Å². The van der Waals surface area contributed by atoms with Crippen molar-refractivity contribution in [2.45, 2.75) is 0 Å². The van der Waals surface area contributed by atoms with Gasteiger partial charge < -0.3 is 9.64 Å². The number of anilines is 1. The summed E-state index contributed by atoms with van der Waals surface area (Å²) in [6.45, 7) is 2.95. The van der Waals surface area contributed by atoms with Crippen LogP contribution in [0.15, 0.2) is 48.8 Å². The van der Waals surface area contributed by atoms with Crippen LogP contribution >= 0.6 is 0 Å². The fourth-order valence-electron chi connectivity index (χ4n) is 4.15. The number of pyridine rings is 2. The molecule has 0 saturated carbocycles. The number of hydrogen-bond acceptors (Lipinski definition) is 6. The van der Waals surface area contributed by atoms with Crippen LogP contribution in [0.1, 0.15) is 0 Å². The molecule has 1 unspecified atom stereocenters. The van der Waals surface area contributed by atoms with Gasteiger partial charge in [-0.3, -0.25) is 5.10 Å². The maximum absolute atomic E-state index is 14.6. The molecule has 3 aromatic heterocycles. The molecule has 8 nitrogen and oxygen atoms in total. The van der Waals surface area contributed by atoms with Crippen LogP contribution in [0, 0.1) is 5.95 Å². The van der Waals surface area contributed by atoms with Gasteiger partial charge in [0.25, 0.3) is 0 Å². The summed E-state index contributed by atoms with van der Waals surface area (Å²) in [7, 11) is 0.552. The van der Waals surface area contributed by atoms with Crippen molar-refractivity contribution in [2.24, 2.45) is 0 Å². The van der Waals surface area contributed by atoms with E-state index in [9.17, 15) is 8.60 Å². The van der Waals surface area contributed by atoms with Gasteiger partial charge in [-0.1, -0.05) is 6.07 Å². The predicted octanol–water partition coefficient (Wildman–Crippen LogP) is 3.25. The average Bonchev–Trinajstić information content (AvgIpc) is 3.27. The monoisotopic (exact) mass is 466 g/mol. The van der Waals surface area contributed by atoms with Crippen molar-refractivity contribution in [1.82, 2.24) is 24.5 Å². The number of H-pyrrole nitrogens is 1. The first-order valence-corrected chi connectivity index (χ1v) is 12.0. The van der Waals surface area contributed by atoms with Gasteiger partial charge in [0.05, 0.1) is 29.2 Å². The summed E-state index contributed by atoms with van der Waals surface area (Å²) in [5.74, 6) is 0.684. The van der Waals surface area contributed by atoms with Crippen molar-refractivity contribution in [3.8, 4) is 28.1 Å². The minimum atomic E-state index is -0.958. The molecule has 1 atom stereocenters. The zero-order valence-corrected chi connectivity index (χ0v) is 19.1. The van der Waals surface area contributed by atoms with Crippen molar-refractivity contribution >= 4 is 27.7 Å². The van der Waals surface area contributed by atoms with Gasteiger partial charge in [-0.15, -0.1) is 0 Å². The van der Waals surface area contributed by atoms with E-state index in [1.54, 1.807) is 18.5 Å². The quantitative estimate of drug-likeness (QED) is 0.455. The van der Waals surface area contributed by atoms with Crippen molar-refractivity contribution in [3.05, 3.63) is 54.7 Å². The first-order valence-electron chi connectivity index (χ1n) is 10.5. The molecule has 10 heteroatoms. The van der Waals surface area contributed by atoms with Crippen LogP contribution < -0.4 is 9.64 Å². The van der Waals surface area contributed by atoms with Gasteiger partial charge >= 0.3 is 0 Å². The van der Waals surface area contributed by atoms with E-state index in [1.165, 1.54) is 13.3 Å². The number of nitrogens with zero attached hydrogens (tertiary/aromatic N) is 5. The molecule has 0 amide bonds. The molecule has 1 saturated heterocycles. The molecule has 1 N–H and O–H groups in total. The molecular formula is C23H23FN6O2S. The van der Waals surface area contributed by atoms with Gasteiger partial charge in [-0.05, 0) is 35.9 Å². The Hall–Kier alpha value is -3.37. The van der Waals surface area contributed by atoms with Crippen molar-refractivity contribution < 1.29 is 13.3 Å². The number of aromatic nitrogens is 4. The number of nitrogens with one attached hydrogen (secondary N) is 1. The number of benzene rings is 1. The molecule has 1 aromatic carbocycles. The highest BCUT2D eigenvalue weighted by atomic mass is 32.2. The summed E-state index contributed by atoms with van der Waals surface area (Å²) in [6.07, 6.45) is 4.86. The van der Waals surface area contributed by atoms with Crippen molar-refractivity contribution in [2.75, 3.05) is 44.4 Å². The SMILES string of the molecule is COc1ccnc(F)c1-c1ccc2[nH]nc(-c3ccnc(N4CCN(S(C)=O)CC4)c3)c2c1. The van der Waals surface area contributed by atoms with Gasteiger partial charge in [0.15, 0.2) is 0 Å². The number of methoxy groups -OCH3 is 1. The lowest BCUT2D eigenvalue weighted by Crippen LogP contribution is -2.47. The van der Waals surface area contributed by atoms with Crippen LogP contribution in [0.4, 0.5) is 10.2 Å². The fourth-order valence-corrected chi connectivity index (χ4v) is 4.83. The van der Waals surface area contributed by atoms with Gasteiger partial charge in [-0.25, -0.2) is 18.5 Å². The molecule has 170 valence electrons. The number of piperazine rings is 1. The lowest BCUT2D eigenvalue weighted by Gasteiger charge is -2.33. The average molecular weight is 467 g/mol. The van der Waals surface area contributed by atoms with Crippen LogP contribution in [0.3, 0.4) is 0 Å². The molecule has 1 aliphatic rings. The third-order valence-corrected chi connectivity index (χ3v) is 6.98. The molecule has 0 bridgehead atoms. The summed E-state index contributed by atoms with van der Waals surface area (Å²) >= 11 is 0. The molecule has 0 aliphatic carbocycles. The van der Waals surface area contributed by atoms with Crippen molar-refractivity contribution in [1.29, 1.82) is 0 Å². The Morgan fingerprint density at radius 1 is 1.03 bits per heavy atom. The summed E-state index contributed by atoms with van der Waals surface area (Å²) in [4.78, 5) is 10.5. The third kappa shape index (κ3) is 4.07. The maximum Gasteiger partial charge on any atom is 0.224 e. The highest BCUT2D eigenvalue weighted by Gasteiger charge is 2.21. The molecule has 4 aromatic rings. The lowest BCUT2D eigenvalue weighted by atomic mass is 10.0. The Kier molecular flexibility index (Phi) is 5.77. The number of aromatic amines is 1. The number of ether oxygens (including phenoxy) is 1. The third-order valence-electron chi connectivity index (χ3n) is 5.88. The Morgan fingerprint density at radius 2 is 1.82 bits per heavy atom. The molecule has 1 aliphatic heterocycles. The zero-order valence-electron chi connectivity index (χ0n) is 18.3.